The number of hydrogen-bond acceptors (Lipinski definition) is 2. The molecule has 0 spiro atoms. The molecule has 118 valence electrons. The second-order valence-electron chi connectivity index (χ2n) is 5.80. The molecule has 0 radical (unpaired) electrons. The Kier molecular flexibility index (Phi) is 6.58. The van der Waals surface area contributed by atoms with Crippen LogP contribution < -0.4 is 5.32 Å². The molecular weight excluding hydrogens is 270 g/mol. The molecule has 1 unspecified atom stereocenters. The molecule has 1 aliphatic heterocycles. The Balaban J connectivity index is 1.99. The van der Waals surface area contributed by atoms with Gasteiger partial charge >= 0.3 is 0 Å². The summed E-state index contributed by atoms with van der Waals surface area (Å²) in [5, 5.41) is 3.29. The third-order valence-corrected chi connectivity index (χ3v) is 4.24. The SMILES string of the molecule is CCNC(CCN1CCCCCC1)c1cccc(F)c1F. The Hall–Kier alpha value is -1.00. The molecule has 0 bridgehead atoms. The highest BCUT2D eigenvalue weighted by molar-refractivity contribution is 5.22. The number of nitrogens with zero attached hydrogens (tertiary/aromatic N) is 1. The Morgan fingerprint density at radius 3 is 2.52 bits per heavy atom. The van der Waals surface area contributed by atoms with Crippen molar-refractivity contribution in [1.29, 1.82) is 0 Å². The van der Waals surface area contributed by atoms with E-state index in [0.29, 0.717) is 5.56 Å². The van der Waals surface area contributed by atoms with Crippen LogP contribution in [0.3, 0.4) is 0 Å². The minimum Gasteiger partial charge on any atom is -0.310 e. The van der Waals surface area contributed by atoms with Gasteiger partial charge in [0, 0.05) is 11.6 Å². The van der Waals surface area contributed by atoms with Crippen LogP contribution in [-0.2, 0) is 0 Å². The van der Waals surface area contributed by atoms with Gasteiger partial charge in [-0.2, -0.15) is 0 Å². The van der Waals surface area contributed by atoms with E-state index in [1.54, 1.807) is 12.1 Å². The van der Waals surface area contributed by atoms with Gasteiger partial charge < -0.3 is 10.2 Å². The molecule has 0 aromatic heterocycles. The Morgan fingerprint density at radius 2 is 1.86 bits per heavy atom. The van der Waals surface area contributed by atoms with Crippen molar-refractivity contribution in [3.8, 4) is 0 Å². The molecule has 4 heteroatoms. The zero-order valence-corrected chi connectivity index (χ0v) is 12.9. The summed E-state index contributed by atoms with van der Waals surface area (Å²) in [6, 6.07) is 4.34. The summed E-state index contributed by atoms with van der Waals surface area (Å²) in [5.74, 6) is -1.47. The predicted molar refractivity (Wildman–Crippen MR) is 82.3 cm³/mol. The van der Waals surface area contributed by atoms with E-state index in [2.05, 4.69) is 10.2 Å². The van der Waals surface area contributed by atoms with Gasteiger partial charge in [-0.3, -0.25) is 0 Å². The van der Waals surface area contributed by atoms with Crippen molar-refractivity contribution in [2.45, 2.75) is 45.1 Å². The predicted octanol–water partition coefficient (Wildman–Crippen LogP) is 3.88. The molecule has 2 nitrogen and oxygen atoms in total. The lowest BCUT2D eigenvalue weighted by Crippen LogP contribution is -2.30. The van der Waals surface area contributed by atoms with Crippen LogP contribution in [-0.4, -0.2) is 31.1 Å². The maximum atomic E-state index is 14.0. The topological polar surface area (TPSA) is 15.3 Å². The van der Waals surface area contributed by atoms with E-state index >= 15 is 0 Å². The van der Waals surface area contributed by atoms with E-state index in [9.17, 15) is 8.78 Å². The van der Waals surface area contributed by atoms with E-state index in [1.165, 1.54) is 31.7 Å². The maximum absolute atomic E-state index is 14.0. The second-order valence-corrected chi connectivity index (χ2v) is 5.80. The zero-order valence-electron chi connectivity index (χ0n) is 12.9. The molecule has 1 N–H and O–H groups in total. The molecule has 1 heterocycles. The van der Waals surface area contributed by atoms with Gasteiger partial charge in [-0.1, -0.05) is 31.9 Å². The Morgan fingerprint density at radius 1 is 1.14 bits per heavy atom. The van der Waals surface area contributed by atoms with Gasteiger partial charge in [0.05, 0.1) is 0 Å². The lowest BCUT2D eigenvalue weighted by molar-refractivity contribution is 0.265. The van der Waals surface area contributed by atoms with Gasteiger partial charge in [-0.25, -0.2) is 8.78 Å². The van der Waals surface area contributed by atoms with Crippen molar-refractivity contribution >= 4 is 0 Å². The average Bonchev–Trinajstić information content (AvgIpc) is 2.75. The van der Waals surface area contributed by atoms with Crippen LogP contribution >= 0.6 is 0 Å². The first-order valence-electron chi connectivity index (χ1n) is 8.12. The first-order chi connectivity index (χ1) is 10.2. The Labute approximate surface area is 126 Å². The minimum atomic E-state index is -0.759. The van der Waals surface area contributed by atoms with Gasteiger partial charge in [0.25, 0.3) is 0 Å². The first kappa shape index (κ1) is 16.4. The van der Waals surface area contributed by atoms with Crippen LogP contribution in [0.1, 0.15) is 50.6 Å². The molecule has 1 aromatic carbocycles. The summed E-state index contributed by atoms with van der Waals surface area (Å²) < 4.78 is 27.4. The van der Waals surface area contributed by atoms with E-state index in [-0.39, 0.29) is 6.04 Å². The number of halogens is 2. The Bertz CT molecular complexity index is 429. The fourth-order valence-corrected chi connectivity index (χ4v) is 3.07. The standard InChI is InChI=1S/C17H26F2N2/c1-2-20-16(14-8-7-9-15(18)17(14)19)10-13-21-11-5-3-4-6-12-21/h7-9,16,20H,2-6,10-13H2,1H3. The third kappa shape index (κ3) is 4.75. The quantitative estimate of drug-likeness (QED) is 0.857. The molecule has 1 fully saturated rings. The maximum Gasteiger partial charge on any atom is 0.163 e. The van der Waals surface area contributed by atoms with Crippen molar-refractivity contribution in [1.82, 2.24) is 10.2 Å². The number of hydrogen-bond donors (Lipinski definition) is 1. The van der Waals surface area contributed by atoms with Crippen LogP contribution in [0.25, 0.3) is 0 Å². The monoisotopic (exact) mass is 296 g/mol. The number of benzene rings is 1. The van der Waals surface area contributed by atoms with Crippen LogP contribution in [0, 0.1) is 11.6 Å². The molecule has 2 rings (SSSR count). The number of likely N-dealkylation sites (tertiary alicyclic amines) is 1. The summed E-state index contributed by atoms with van der Waals surface area (Å²) in [4.78, 5) is 2.45. The van der Waals surface area contributed by atoms with E-state index in [0.717, 1.165) is 32.6 Å². The van der Waals surface area contributed by atoms with Crippen molar-refractivity contribution in [3.63, 3.8) is 0 Å². The summed E-state index contributed by atoms with van der Waals surface area (Å²) in [5.41, 5.74) is 0.451. The van der Waals surface area contributed by atoms with Gasteiger partial charge in [0.1, 0.15) is 0 Å². The van der Waals surface area contributed by atoms with Crippen molar-refractivity contribution < 1.29 is 8.78 Å². The van der Waals surface area contributed by atoms with Crippen LogP contribution in [0.4, 0.5) is 8.78 Å². The van der Waals surface area contributed by atoms with Gasteiger partial charge in [0.2, 0.25) is 0 Å². The average molecular weight is 296 g/mol. The molecule has 1 aromatic rings. The number of rotatable bonds is 6. The fraction of sp³-hybridized carbons (Fsp3) is 0.647. The van der Waals surface area contributed by atoms with Crippen molar-refractivity contribution in [2.75, 3.05) is 26.2 Å². The minimum absolute atomic E-state index is 0.117. The number of nitrogens with one attached hydrogen (secondary N) is 1. The van der Waals surface area contributed by atoms with Crippen LogP contribution in [0.2, 0.25) is 0 Å². The van der Waals surface area contributed by atoms with Gasteiger partial charge in [0.15, 0.2) is 11.6 Å². The molecular formula is C17H26F2N2. The van der Waals surface area contributed by atoms with E-state index in [1.807, 2.05) is 6.92 Å². The smallest absolute Gasteiger partial charge is 0.163 e. The summed E-state index contributed by atoms with van der Waals surface area (Å²) in [7, 11) is 0. The summed E-state index contributed by atoms with van der Waals surface area (Å²) in [6.07, 6.45) is 5.94. The lowest BCUT2D eigenvalue weighted by atomic mass is 10.0. The van der Waals surface area contributed by atoms with E-state index < -0.39 is 11.6 Å². The fourth-order valence-electron chi connectivity index (χ4n) is 3.07. The van der Waals surface area contributed by atoms with Crippen molar-refractivity contribution in [2.24, 2.45) is 0 Å². The van der Waals surface area contributed by atoms with Crippen LogP contribution in [0.5, 0.6) is 0 Å². The molecule has 1 aliphatic rings. The second kappa shape index (κ2) is 8.44. The molecule has 0 saturated carbocycles. The van der Waals surface area contributed by atoms with Gasteiger partial charge in [-0.15, -0.1) is 0 Å². The molecule has 0 amide bonds. The molecule has 1 atom stereocenters. The summed E-state index contributed by atoms with van der Waals surface area (Å²) >= 11 is 0. The molecule has 21 heavy (non-hydrogen) atoms. The van der Waals surface area contributed by atoms with Crippen LogP contribution in [0.15, 0.2) is 18.2 Å². The molecule has 1 saturated heterocycles. The molecule has 0 aliphatic carbocycles. The highest BCUT2D eigenvalue weighted by Crippen LogP contribution is 2.23. The summed E-state index contributed by atoms with van der Waals surface area (Å²) in [6.45, 7) is 5.94. The third-order valence-electron chi connectivity index (χ3n) is 4.24. The largest absolute Gasteiger partial charge is 0.310 e. The van der Waals surface area contributed by atoms with Crippen molar-refractivity contribution in [3.05, 3.63) is 35.4 Å². The van der Waals surface area contributed by atoms with Gasteiger partial charge in [-0.05, 0) is 51.5 Å². The highest BCUT2D eigenvalue weighted by Gasteiger charge is 2.19. The first-order valence-corrected chi connectivity index (χ1v) is 8.12. The lowest BCUT2D eigenvalue weighted by Gasteiger charge is -2.24. The van der Waals surface area contributed by atoms with E-state index in [4.69, 9.17) is 0 Å². The normalized spacial score (nSPS) is 18.4. The highest BCUT2D eigenvalue weighted by atomic mass is 19.2. The zero-order chi connectivity index (χ0) is 15.1.